The lowest BCUT2D eigenvalue weighted by molar-refractivity contribution is 0.734. The van der Waals surface area contributed by atoms with Crippen molar-refractivity contribution in [2.24, 2.45) is 0 Å². The molecule has 4 heteroatoms. The second-order valence-corrected chi connectivity index (χ2v) is 11.7. The zero-order valence-electron chi connectivity index (χ0n) is 22.4. The molecule has 0 saturated carbocycles. The predicted molar refractivity (Wildman–Crippen MR) is 170 cm³/mol. The van der Waals surface area contributed by atoms with Gasteiger partial charge in [-0.05, 0) is 52.6 Å². The lowest BCUT2D eigenvalue weighted by atomic mass is 9.95. The molecule has 0 radical (unpaired) electrons. The van der Waals surface area contributed by atoms with E-state index >= 15 is 0 Å². The van der Waals surface area contributed by atoms with Crippen molar-refractivity contribution in [3.05, 3.63) is 115 Å². The number of fused-ring (bicyclic) bond motifs is 9. The van der Waals surface area contributed by atoms with E-state index in [0.717, 1.165) is 34.4 Å². The minimum atomic E-state index is 0.511. The molecule has 0 N–H and O–H groups in total. The molecular weight excluding hydrogens is 506 g/mol. The molecule has 1 unspecified atom stereocenters. The van der Waals surface area contributed by atoms with Crippen LogP contribution >= 0.6 is 11.3 Å². The smallest absolute Gasteiger partial charge is 0.169 e. The average molecular weight is 534 g/mol. The van der Waals surface area contributed by atoms with Crippen LogP contribution in [-0.2, 0) is 0 Å². The summed E-state index contributed by atoms with van der Waals surface area (Å²) in [5.74, 6) is 1.38. The first-order chi connectivity index (χ1) is 19.7. The van der Waals surface area contributed by atoms with Crippen LogP contribution in [0.15, 0.2) is 109 Å². The third-order valence-corrected chi connectivity index (χ3v) is 9.64. The van der Waals surface area contributed by atoms with E-state index in [2.05, 4.69) is 127 Å². The van der Waals surface area contributed by atoms with Gasteiger partial charge in [-0.1, -0.05) is 105 Å². The Kier molecular flexibility index (Phi) is 5.26. The van der Waals surface area contributed by atoms with Crippen LogP contribution in [0, 0.1) is 0 Å². The fraction of sp³-hybridized carbons (Fsp3) is 0.111. The fourth-order valence-electron chi connectivity index (χ4n) is 6.07. The van der Waals surface area contributed by atoms with Crippen LogP contribution in [0.5, 0.6) is 0 Å². The number of nitrogens with zero attached hydrogens (tertiary/aromatic N) is 3. The summed E-state index contributed by atoms with van der Waals surface area (Å²) in [6.45, 7) is 4.55. The monoisotopic (exact) mass is 533 g/mol. The number of aromatic nitrogens is 3. The number of pyridine rings is 1. The summed E-state index contributed by atoms with van der Waals surface area (Å²) in [7, 11) is 0. The molecule has 5 aromatic carbocycles. The van der Waals surface area contributed by atoms with Crippen molar-refractivity contribution in [1.29, 1.82) is 0 Å². The topological polar surface area (TPSA) is 30.2 Å². The van der Waals surface area contributed by atoms with Crippen LogP contribution in [0.2, 0.25) is 0 Å². The van der Waals surface area contributed by atoms with Crippen LogP contribution in [0.25, 0.3) is 70.0 Å². The van der Waals surface area contributed by atoms with Crippen molar-refractivity contribution in [3.63, 3.8) is 0 Å². The van der Waals surface area contributed by atoms with Gasteiger partial charge in [0.1, 0.15) is 0 Å². The number of hydrogen-bond donors (Lipinski definition) is 0. The molecule has 0 fully saturated rings. The maximum atomic E-state index is 4.74. The van der Waals surface area contributed by atoms with Crippen molar-refractivity contribution in [3.8, 4) is 22.5 Å². The third-order valence-electron chi connectivity index (χ3n) is 8.42. The molecule has 3 nitrogen and oxygen atoms in total. The average Bonchev–Trinajstić information content (AvgIpc) is 3.63. The first-order valence-electron chi connectivity index (χ1n) is 13.9. The summed E-state index contributed by atoms with van der Waals surface area (Å²) in [6, 6.07) is 39.6. The van der Waals surface area contributed by atoms with Gasteiger partial charge in [0, 0.05) is 36.5 Å². The van der Waals surface area contributed by atoms with Crippen molar-refractivity contribution >= 4 is 58.8 Å². The Morgan fingerprint density at radius 3 is 2.23 bits per heavy atom. The van der Waals surface area contributed by atoms with Gasteiger partial charge in [-0.15, -0.1) is 21.5 Å². The maximum absolute atomic E-state index is 4.74. The molecule has 40 heavy (non-hydrogen) atoms. The van der Waals surface area contributed by atoms with E-state index in [1.807, 2.05) is 11.3 Å². The number of benzene rings is 5. The lowest BCUT2D eigenvalue weighted by Crippen LogP contribution is -1.97. The number of hydrogen-bond acceptors (Lipinski definition) is 3. The highest BCUT2D eigenvalue weighted by atomic mass is 32.1. The van der Waals surface area contributed by atoms with Crippen molar-refractivity contribution < 1.29 is 0 Å². The van der Waals surface area contributed by atoms with E-state index in [1.54, 1.807) is 0 Å². The quantitative estimate of drug-likeness (QED) is 0.211. The lowest BCUT2D eigenvalue weighted by Gasteiger charge is -2.14. The van der Waals surface area contributed by atoms with E-state index in [1.165, 1.54) is 47.6 Å². The molecule has 0 aliphatic carbocycles. The summed E-state index contributed by atoms with van der Waals surface area (Å²) in [5.41, 5.74) is 6.94. The zero-order chi connectivity index (χ0) is 26.8. The molecule has 8 aromatic rings. The van der Waals surface area contributed by atoms with Crippen molar-refractivity contribution in [2.75, 3.05) is 0 Å². The van der Waals surface area contributed by atoms with Gasteiger partial charge in [-0.25, -0.2) is 0 Å². The first-order valence-corrected chi connectivity index (χ1v) is 14.7. The molecule has 3 aromatic heterocycles. The summed E-state index contributed by atoms with van der Waals surface area (Å²) in [6.07, 6.45) is 1.12. The Labute approximate surface area is 236 Å². The Hall–Kier alpha value is -4.54. The molecule has 3 heterocycles. The molecule has 0 bridgehead atoms. The molecule has 0 aliphatic rings. The van der Waals surface area contributed by atoms with Gasteiger partial charge in [0.2, 0.25) is 0 Å². The molecule has 0 saturated heterocycles. The van der Waals surface area contributed by atoms with Crippen LogP contribution in [-0.4, -0.2) is 14.6 Å². The minimum absolute atomic E-state index is 0.511. The fourth-order valence-corrected chi connectivity index (χ4v) is 7.31. The van der Waals surface area contributed by atoms with E-state index in [0.29, 0.717) is 5.92 Å². The van der Waals surface area contributed by atoms with Gasteiger partial charge >= 0.3 is 0 Å². The second kappa shape index (κ2) is 9.00. The summed E-state index contributed by atoms with van der Waals surface area (Å²) >= 11 is 1.87. The normalized spacial score (nSPS) is 12.8. The van der Waals surface area contributed by atoms with Crippen LogP contribution in [0.3, 0.4) is 0 Å². The molecule has 192 valence electrons. The SMILES string of the molecule is CCC(C)c1ccc2c(c1)c1ccccc1c1nnc(-c3ccc(-c4cccc5c4sc4ccccc45)cc3)n21. The Morgan fingerprint density at radius 1 is 0.675 bits per heavy atom. The van der Waals surface area contributed by atoms with E-state index < -0.39 is 0 Å². The Morgan fingerprint density at radius 2 is 1.40 bits per heavy atom. The van der Waals surface area contributed by atoms with Crippen LogP contribution < -0.4 is 0 Å². The first kappa shape index (κ1) is 23.4. The molecular formula is C36H27N3S. The van der Waals surface area contributed by atoms with Crippen LogP contribution in [0.1, 0.15) is 31.7 Å². The van der Waals surface area contributed by atoms with Crippen molar-refractivity contribution in [2.45, 2.75) is 26.2 Å². The largest absolute Gasteiger partial charge is 0.274 e. The predicted octanol–water partition coefficient (Wildman–Crippen LogP) is 10.3. The van der Waals surface area contributed by atoms with E-state index in [9.17, 15) is 0 Å². The Bertz CT molecular complexity index is 2220. The molecule has 0 aliphatic heterocycles. The number of rotatable bonds is 4. The summed E-state index contributed by atoms with van der Waals surface area (Å²) in [5, 5.41) is 15.7. The van der Waals surface area contributed by atoms with Gasteiger partial charge in [-0.2, -0.15) is 0 Å². The van der Waals surface area contributed by atoms with E-state index in [-0.39, 0.29) is 0 Å². The van der Waals surface area contributed by atoms with Crippen molar-refractivity contribution in [1.82, 2.24) is 14.6 Å². The summed E-state index contributed by atoms with van der Waals surface area (Å²) in [4.78, 5) is 0. The maximum Gasteiger partial charge on any atom is 0.169 e. The molecule has 8 rings (SSSR count). The van der Waals surface area contributed by atoms with Gasteiger partial charge in [0.05, 0.1) is 5.52 Å². The molecule has 0 spiro atoms. The van der Waals surface area contributed by atoms with Crippen LogP contribution in [0.4, 0.5) is 0 Å². The molecule has 1 atom stereocenters. The number of thiophene rings is 1. The molecule has 0 amide bonds. The highest BCUT2D eigenvalue weighted by Crippen LogP contribution is 2.40. The standard InChI is InChI=1S/C36H27N3S/c1-3-22(2)25-19-20-32-31(21-25)27-9-4-5-11-30(27)36-38-37-35(39(32)36)24-17-15-23(16-18-24)26-12-8-13-29-28-10-6-7-14-33(28)40-34(26)29/h4-22H,3H2,1-2H3. The third kappa shape index (κ3) is 3.42. The minimum Gasteiger partial charge on any atom is -0.274 e. The van der Waals surface area contributed by atoms with Gasteiger partial charge in [-0.3, -0.25) is 4.40 Å². The van der Waals surface area contributed by atoms with Gasteiger partial charge in [0.25, 0.3) is 0 Å². The highest BCUT2D eigenvalue weighted by molar-refractivity contribution is 7.26. The highest BCUT2D eigenvalue weighted by Gasteiger charge is 2.17. The van der Waals surface area contributed by atoms with E-state index in [4.69, 9.17) is 10.2 Å². The van der Waals surface area contributed by atoms with Gasteiger partial charge in [0.15, 0.2) is 11.5 Å². The Balaban J connectivity index is 1.31. The summed E-state index contributed by atoms with van der Waals surface area (Å²) < 4.78 is 4.89. The van der Waals surface area contributed by atoms with Gasteiger partial charge < -0.3 is 0 Å². The second-order valence-electron chi connectivity index (χ2n) is 10.7. The zero-order valence-corrected chi connectivity index (χ0v) is 23.2.